The molecule has 9 heteroatoms. The van der Waals surface area contributed by atoms with Gasteiger partial charge in [-0.1, -0.05) is 24.3 Å². The number of pyridine rings is 1. The minimum absolute atomic E-state index is 0.0718. The second-order valence-corrected chi connectivity index (χ2v) is 8.75. The summed E-state index contributed by atoms with van der Waals surface area (Å²) in [6.45, 7) is 4.42. The summed E-state index contributed by atoms with van der Waals surface area (Å²) in [5.41, 5.74) is 2.69. The van der Waals surface area contributed by atoms with Crippen molar-refractivity contribution in [1.82, 2.24) is 15.2 Å². The van der Waals surface area contributed by atoms with E-state index in [-0.39, 0.29) is 24.2 Å². The second-order valence-electron chi connectivity index (χ2n) is 7.76. The molecule has 0 radical (unpaired) electrons. The molecule has 1 aliphatic rings. The molecule has 4 rings (SSSR count). The first-order chi connectivity index (χ1) is 16.9. The number of hydrogen-bond acceptors (Lipinski definition) is 7. The zero-order valence-electron chi connectivity index (χ0n) is 19.7. The summed E-state index contributed by atoms with van der Waals surface area (Å²) in [6.07, 6.45) is 1.65. The van der Waals surface area contributed by atoms with Gasteiger partial charge in [-0.05, 0) is 61.5 Å². The number of aryl methyl sites for hydroxylation is 1. The van der Waals surface area contributed by atoms with Crippen LogP contribution in [0.15, 0.2) is 53.4 Å². The number of imide groups is 1. The quantitative estimate of drug-likeness (QED) is 0.466. The molecule has 180 valence electrons. The molecule has 0 unspecified atom stereocenters. The van der Waals surface area contributed by atoms with Crippen molar-refractivity contribution in [2.24, 2.45) is 0 Å². The number of para-hydroxylation sites is 1. The van der Waals surface area contributed by atoms with E-state index in [0.717, 1.165) is 33.3 Å². The number of benzene rings is 2. The first-order valence-corrected chi connectivity index (χ1v) is 11.9. The third kappa shape index (κ3) is 5.30. The Kier molecular flexibility index (Phi) is 7.36. The van der Waals surface area contributed by atoms with Crippen molar-refractivity contribution < 1.29 is 23.9 Å². The van der Waals surface area contributed by atoms with Crippen LogP contribution in [-0.2, 0) is 4.79 Å². The van der Waals surface area contributed by atoms with E-state index in [1.54, 1.807) is 37.5 Å². The minimum Gasteiger partial charge on any atom is -0.493 e. The summed E-state index contributed by atoms with van der Waals surface area (Å²) < 4.78 is 10.9. The van der Waals surface area contributed by atoms with Gasteiger partial charge in [0.25, 0.3) is 17.1 Å². The number of thioether (sulfide) groups is 1. The number of amides is 3. The average Bonchev–Trinajstić information content (AvgIpc) is 3.11. The Hall–Kier alpha value is -3.85. The predicted molar refractivity (Wildman–Crippen MR) is 136 cm³/mol. The van der Waals surface area contributed by atoms with Crippen LogP contribution in [-0.4, -0.2) is 53.7 Å². The van der Waals surface area contributed by atoms with Gasteiger partial charge in [-0.25, -0.2) is 0 Å². The van der Waals surface area contributed by atoms with E-state index in [1.165, 1.54) is 0 Å². The lowest BCUT2D eigenvalue weighted by molar-refractivity contribution is -0.122. The number of carbonyl (C=O) groups is 3. The van der Waals surface area contributed by atoms with Crippen molar-refractivity contribution >= 4 is 45.8 Å². The highest BCUT2D eigenvalue weighted by atomic mass is 32.2. The van der Waals surface area contributed by atoms with Crippen LogP contribution >= 0.6 is 11.8 Å². The summed E-state index contributed by atoms with van der Waals surface area (Å²) >= 11 is 0.869. The number of aromatic nitrogens is 1. The normalized spacial score (nSPS) is 14.6. The Balaban J connectivity index is 1.42. The Morgan fingerprint density at radius 2 is 1.94 bits per heavy atom. The molecule has 2 heterocycles. The van der Waals surface area contributed by atoms with Gasteiger partial charge in [0.2, 0.25) is 0 Å². The summed E-state index contributed by atoms with van der Waals surface area (Å²) in [6, 6.07) is 14.4. The van der Waals surface area contributed by atoms with Gasteiger partial charge in [0, 0.05) is 24.2 Å². The van der Waals surface area contributed by atoms with Gasteiger partial charge >= 0.3 is 0 Å². The van der Waals surface area contributed by atoms with Gasteiger partial charge in [0.15, 0.2) is 11.5 Å². The number of carbonyl (C=O) groups excluding carboxylic acids is 3. The fraction of sp³-hybridized carbons (Fsp3) is 0.231. The molecular formula is C26H25N3O5S. The maximum atomic E-state index is 12.8. The Morgan fingerprint density at radius 3 is 2.71 bits per heavy atom. The Morgan fingerprint density at radius 1 is 1.14 bits per heavy atom. The van der Waals surface area contributed by atoms with E-state index in [2.05, 4.69) is 10.3 Å². The van der Waals surface area contributed by atoms with E-state index in [9.17, 15) is 14.4 Å². The lowest BCUT2D eigenvalue weighted by Crippen LogP contribution is -2.37. The van der Waals surface area contributed by atoms with Crippen molar-refractivity contribution in [1.29, 1.82) is 0 Å². The van der Waals surface area contributed by atoms with Crippen molar-refractivity contribution in [2.45, 2.75) is 13.8 Å². The molecule has 1 aromatic heterocycles. The summed E-state index contributed by atoms with van der Waals surface area (Å²) in [5.74, 6) is 0.470. The maximum absolute atomic E-state index is 12.8. The number of fused-ring (bicyclic) bond motifs is 1. The number of hydrogen-bond donors (Lipinski definition) is 1. The summed E-state index contributed by atoms with van der Waals surface area (Å²) in [5, 5.41) is 3.18. The molecule has 3 aromatic rings. The van der Waals surface area contributed by atoms with E-state index >= 15 is 0 Å². The molecule has 8 nitrogen and oxygen atoms in total. The second kappa shape index (κ2) is 10.6. The van der Waals surface area contributed by atoms with Gasteiger partial charge < -0.3 is 14.8 Å². The fourth-order valence-electron chi connectivity index (χ4n) is 3.76. The molecular weight excluding hydrogens is 466 g/mol. The van der Waals surface area contributed by atoms with Crippen LogP contribution in [0.3, 0.4) is 0 Å². The van der Waals surface area contributed by atoms with Crippen LogP contribution in [0.1, 0.15) is 28.5 Å². The molecule has 35 heavy (non-hydrogen) atoms. The standard InChI is InChI=1S/C26H25N3O5S/c1-4-34-21-10-9-17(14-22(21)33-3)15-23-25(31)29(26(32)35-23)12-11-27-24(30)19-13-16(2)28-20-8-6-5-7-18(19)20/h5-10,13-15H,4,11-12H2,1-3H3,(H,27,30). The van der Waals surface area contributed by atoms with Crippen LogP contribution in [0, 0.1) is 6.92 Å². The first-order valence-electron chi connectivity index (χ1n) is 11.1. The van der Waals surface area contributed by atoms with E-state index in [4.69, 9.17) is 9.47 Å². The van der Waals surface area contributed by atoms with Gasteiger partial charge in [-0.3, -0.25) is 24.3 Å². The van der Waals surface area contributed by atoms with Crippen LogP contribution in [0.25, 0.3) is 17.0 Å². The molecule has 3 amide bonds. The van der Waals surface area contributed by atoms with Gasteiger partial charge in [0.1, 0.15) is 0 Å². The molecule has 0 spiro atoms. The summed E-state index contributed by atoms with van der Waals surface area (Å²) in [7, 11) is 1.54. The molecule has 1 N–H and O–H groups in total. The zero-order chi connectivity index (χ0) is 24.9. The third-order valence-corrected chi connectivity index (χ3v) is 6.28. The average molecular weight is 492 g/mol. The topological polar surface area (TPSA) is 97.8 Å². The Labute approximate surface area is 207 Å². The smallest absolute Gasteiger partial charge is 0.293 e. The largest absolute Gasteiger partial charge is 0.493 e. The third-order valence-electron chi connectivity index (χ3n) is 5.37. The maximum Gasteiger partial charge on any atom is 0.293 e. The highest BCUT2D eigenvalue weighted by Crippen LogP contribution is 2.34. The molecule has 1 saturated heterocycles. The number of ether oxygens (including phenoxy) is 2. The summed E-state index contributed by atoms with van der Waals surface area (Å²) in [4.78, 5) is 44.0. The lowest BCUT2D eigenvalue weighted by Gasteiger charge is -2.14. The number of rotatable bonds is 8. The van der Waals surface area contributed by atoms with Crippen LogP contribution < -0.4 is 14.8 Å². The molecule has 0 atom stereocenters. The molecule has 1 fully saturated rings. The van der Waals surface area contributed by atoms with Crippen LogP contribution in [0.2, 0.25) is 0 Å². The number of methoxy groups -OCH3 is 1. The van der Waals surface area contributed by atoms with Crippen molar-refractivity contribution in [3.8, 4) is 11.5 Å². The van der Waals surface area contributed by atoms with Crippen molar-refractivity contribution in [3.05, 3.63) is 70.3 Å². The van der Waals surface area contributed by atoms with Crippen LogP contribution in [0.4, 0.5) is 4.79 Å². The van der Waals surface area contributed by atoms with Crippen LogP contribution in [0.5, 0.6) is 11.5 Å². The Bertz CT molecular complexity index is 1340. The highest BCUT2D eigenvalue weighted by molar-refractivity contribution is 8.18. The molecule has 0 saturated carbocycles. The number of nitrogens with one attached hydrogen (secondary N) is 1. The zero-order valence-corrected chi connectivity index (χ0v) is 20.5. The first kappa shape index (κ1) is 24.3. The molecule has 1 aliphatic heterocycles. The van der Waals surface area contributed by atoms with Gasteiger partial charge in [-0.2, -0.15) is 0 Å². The van der Waals surface area contributed by atoms with E-state index in [1.807, 2.05) is 38.1 Å². The van der Waals surface area contributed by atoms with Crippen molar-refractivity contribution in [3.63, 3.8) is 0 Å². The highest BCUT2D eigenvalue weighted by Gasteiger charge is 2.34. The molecule has 0 aliphatic carbocycles. The van der Waals surface area contributed by atoms with Gasteiger partial charge in [-0.15, -0.1) is 0 Å². The predicted octanol–water partition coefficient (Wildman–Crippen LogP) is 4.42. The minimum atomic E-state index is -0.396. The van der Waals surface area contributed by atoms with E-state index in [0.29, 0.717) is 34.1 Å². The van der Waals surface area contributed by atoms with Gasteiger partial charge in [0.05, 0.1) is 29.7 Å². The van der Waals surface area contributed by atoms with Crippen molar-refractivity contribution in [2.75, 3.05) is 26.8 Å². The monoisotopic (exact) mass is 491 g/mol. The number of nitrogens with zero attached hydrogens (tertiary/aromatic N) is 2. The molecule has 2 aromatic carbocycles. The SMILES string of the molecule is CCOc1ccc(C=C2SC(=O)N(CCNC(=O)c3cc(C)nc4ccccc34)C2=O)cc1OC. The molecule has 0 bridgehead atoms. The lowest BCUT2D eigenvalue weighted by atomic mass is 10.1. The fourth-order valence-corrected chi connectivity index (χ4v) is 4.63. The van der Waals surface area contributed by atoms with E-state index < -0.39 is 5.91 Å².